The second kappa shape index (κ2) is 13.1. The van der Waals surface area contributed by atoms with Crippen LogP contribution in [-0.4, -0.2) is 73.4 Å². The summed E-state index contributed by atoms with van der Waals surface area (Å²) in [6, 6.07) is 0. The first-order chi connectivity index (χ1) is 13.8. The topological polar surface area (TPSA) is 158 Å². The number of hydrogen-bond donors (Lipinski definition) is 0. The standard InChI is InChI=1S/C18H26O12/c1-9(19)25-7-15(27-11(3)21)17(29-13(5)23)18(30-14(6)24)16(28-12(4)22)8-26-10(2)20/h15-18H,7-8H2,1-6H3/t15-,16-,17-,18-/m0/s1. The molecule has 0 amide bonds. The van der Waals surface area contributed by atoms with Crippen LogP contribution in [-0.2, 0) is 57.2 Å². The summed E-state index contributed by atoms with van der Waals surface area (Å²) in [5.74, 6) is -4.84. The lowest BCUT2D eigenvalue weighted by atomic mass is 10.0. The van der Waals surface area contributed by atoms with E-state index in [9.17, 15) is 28.8 Å². The number of carbonyl (C=O) groups excluding carboxylic acids is 6. The van der Waals surface area contributed by atoms with Gasteiger partial charge in [0, 0.05) is 41.5 Å². The van der Waals surface area contributed by atoms with Gasteiger partial charge < -0.3 is 28.4 Å². The largest absolute Gasteiger partial charge is 0.462 e. The quantitative estimate of drug-likeness (QED) is 0.313. The van der Waals surface area contributed by atoms with Crippen LogP contribution in [0.4, 0.5) is 0 Å². The van der Waals surface area contributed by atoms with Gasteiger partial charge in [0.1, 0.15) is 13.2 Å². The number of hydrogen-bond acceptors (Lipinski definition) is 12. The highest BCUT2D eigenvalue weighted by molar-refractivity contribution is 5.69. The predicted molar refractivity (Wildman–Crippen MR) is 95.5 cm³/mol. The molecular formula is C18H26O12. The highest BCUT2D eigenvalue weighted by Gasteiger charge is 2.44. The van der Waals surface area contributed by atoms with Crippen molar-refractivity contribution in [3.8, 4) is 0 Å². The predicted octanol–water partition coefficient (Wildman–Crippen LogP) is -0.161. The first kappa shape index (κ1) is 26.8. The molecule has 0 radical (unpaired) electrons. The van der Waals surface area contributed by atoms with Crippen molar-refractivity contribution in [2.45, 2.75) is 66.0 Å². The van der Waals surface area contributed by atoms with Crippen LogP contribution >= 0.6 is 0 Å². The minimum Gasteiger partial charge on any atom is -0.462 e. The van der Waals surface area contributed by atoms with Gasteiger partial charge in [0.15, 0.2) is 24.4 Å². The van der Waals surface area contributed by atoms with E-state index in [2.05, 4.69) is 0 Å². The fourth-order valence-corrected chi connectivity index (χ4v) is 2.31. The van der Waals surface area contributed by atoms with E-state index in [1.54, 1.807) is 0 Å². The Bertz CT molecular complexity index is 600. The van der Waals surface area contributed by atoms with E-state index in [0.717, 1.165) is 41.5 Å². The molecule has 0 aliphatic heterocycles. The summed E-state index contributed by atoms with van der Waals surface area (Å²) in [5, 5.41) is 0. The minimum absolute atomic E-state index is 0.565. The maximum atomic E-state index is 11.7. The van der Waals surface area contributed by atoms with Crippen molar-refractivity contribution in [1.29, 1.82) is 0 Å². The van der Waals surface area contributed by atoms with Crippen LogP contribution in [0.15, 0.2) is 0 Å². The van der Waals surface area contributed by atoms with Gasteiger partial charge in [-0.15, -0.1) is 0 Å². The fraction of sp³-hybridized carbons (Fsp3) is 0.667. The molecule has 0 saturated heterocycles. The van der Waals surface area contributed by atoms with Gasteiger partial charge >= 0.3 is 35.8 Å². The van der Waals surface area contributed by atoms with E-state index in [1.807, 2.05) is 0 Å². The molecule has 0 rings (SSSR count). The lowest BCUT2D eigenvalue weighted by Gasteiger charge is -2.35. The normalized spacial score (nSPS) is 14.2. The van der Waals surface area contributed by atoms with E-state index >= 15 is 0 Å². The highest BCUT2D eigenvalue weighted by atomic mass is 16.6. The average molecular weight is 434 g/mol. The van der Waals surface area contributed by atoms with Crippen LogP contribution < -0.4 is 0 Å². The van der Waals surface area contributed by atoms with Crippen LogP contribution in [0.3, 0.4) is 0 Å². The molecule has 0 aliphatic rings. The molecule has 30 heavy (non-hydrogen) atoms. The van der Waals surface area contributed by atoms with Gasteiger partial charge in [-0.05, 0) is 0 Å². The van der Waals surface area contributed by atoms with Crippen molar-refractivity contribution in [1.82, 2.24) is 0 Å². The van der Waals surface area contributed by atoms with E-state index in [4.69, 9.17) is 28.4 Å². The molecule has 0 N–H and O–H groups in total. The number of ether oxygens (including phenoxy) is 6. The second-order valence-electron chi connectivity index (χ2n) is 6.05. The van der Waals surface area contributed by atoms with Crippen molar-refractivity contribution < 1.29 is 57.2 Å². The van der Waals surface area contributed by atoms with E-state index < -0.39 is 73.4 Å². The summed E-state index contributed by atoms with van der Waals surface area (Å²) in [6.07, 6.45) is -6.02. The molecule has 0 unspecified atom stereocenters. The molecular weight excluding hydrogens is 408 g/mol. The lowest BCUT2D eigenvalue weighted by molar-refractivity contribution is -0.206. The molecule has 0 aromatic heterocycles. The van der Waals surface area contributed by atoms with Gasteiger partial charge in [0.05, 0.1) is 0 Å². The monoisotopic (exact) mass is 434 g/mol. The Morgan fingerprint density at radius 1 is 0.467 bits per heavy atom. The van der Waals surface area contributed by atoms with E-state index in [1.165, 1.54) is 0 Å². The van der Waals surface area contributed by atoms with Gasteiger partial charge in [0.25, 0.3) is 0 Å². The van der Waals surface area contributed by atoms with Gasteiger partial charge in [-0.1, -0.05) is 0 Å². The van der Waals surface area contributed by atoms with Crippen LogP contribution in [0.1, 0.15) is 41.5 Å². The van der Waals surface area contributed by atoms with Crippen molar-refractivity contribution in [3.63, 3.8) is 0 Å². The third-order valence-corrected chi connectivity index (χ3v) is 3.20. The van der Waals surface area contributed by atoms with Crippen LogP contribution in [0.25, 0.3) is 0 Å². The van der Waals surface area contributed by atoms with E-state index in [0.29, 0.717) is 0 Å². The van der Waals surface area contributed by atoms with E-state index in [-0.39, 0.29) is 0 Å². The Balaban J connectivity index is 6.19. The summed E-state index contributed by atoms with van der Waals surface area (Å²) >= 11 is 0. The molecule has 0 heterocycles. The number of carbonyl (C=O) groups is 6. The molecule has 0 aromatic carbocycles. The summed E-state index contributed by atoms with van der Waals surface area (Å²) in [4.78, 5) is 68.8. The Morgan fingerprint density at radius 3 is 0.933 bits per heavy atom. The molecule has 0 spiro atoms. The van der Waals surface area contributed by atoms with Gasteiger partial charge in [-0.2, -0.15) is 0 Å². The molecule has 0 aromatic rings. The smallest absolute Gasteiger partial charge is 0.303 e. The number of rotatable bonds is 11. The summed E-state index contributed by atoms with van der Waals surface area (Å²) in [7, 11) is 0. The van der Waals surface area contributed by atoms with Crippen molar-refractivity contribution in [2.75, 3.05) is 13.2 Å². The van der Waals surface area contributed by atoms with Crippen molar-refractivity contribution in [2.24, 2.45) is 0 Å². The van der Waals surface area contributed by atoms with Crippen molar-refractivity contribution in [3.05, 3.63) is 0 Å². The van der Waals surface area contributed by atoms with Crippen LogP contribution in [0.5, 0.6) is 0 Å². The lowest BCUT2D eigenvalue weighted by Crippen LogP contribution is -2.54. The maximum absolute atomic E-state index is 11.7. The second-order valence-corrected chi connectivity index (χ2v) is 6.05. The molecule has 0 bridgehead atoms. The fourth-order valence-electron chi connectivity index (χ4n) is 2.31. The van der Waals surface area contributed by atoms with Gasteiger partial charge in [-0.3, -0.25) is 28.8 Å². The van der Waals surface area contributed by atoms with Gasteiger partial charge in [0.2, 0.25) is 0 Å². The maximum Gasteiger partial charge on any atom is 0.303 e. The van der Waals surface area contributed by atoms with Crippen LogP contribution in [0, 0.1) is 0 Å². The van der Waals surface area contributed by atoms with Crippen molar-refractivity contribution >= 4 is 35.8 Å². The van der Waals surface area contributed by atoms with Crippen LogP contribution in [0.2, 0.25) is 0 Å². The zero-order valence-electron chi connectivity index (χ0n) is 17.6. The molecule has 0 saturated carbocycles. The molecule has 12 heteroatoms. The molecule has 0 aliphatic carbocycles. The molecule has 170 valence electrons. The molecule has 4 atom stereocenters. The van der Waals surface area contributed by atoms with Gasteiger partial charge in [-0.25, -0.2) is 0 Å². The first-order valence-electron chi connectivity index (χ1n) is 8.79. The zero-order chi connectivity index (χ0) is 23.4. The third-order valence-electron chi connectivity index (χ3n) is 3.20. The Kier molecular flexibility index (Phi) is 11.7. The minimum atomic E-state index is -1.57. The first-order valence-corrected chi connectivity index (χ1v) is 8.79. The average Bonchev–Trinajstić information content (AvgIpc) is 2.57. The molecule has 12 nitrogen and oxygen atoms in total. The third kappa shape index (κ3) is 11.6. The Hall–Kier alpha value is -3.18. The summed E-state index contributed by atoms with van der Waals surface area (Å²) in [6.45, 7) is 5.22. The summed E-state index contributed by atoms with van der Waals surface area (Å²) in [5.41, 5.74) is 0. The molecule has 0 fully saturated rings. The zero-order valence-corrected chi connectivity index (χ0v) is 17.6. The summed E-state index contributed by atoms with van der Waals surface area (Å²) < 4.78 is 30.2. The Morgan fingerprint density at radius 2 is 0.733 bits per heavy atom. The number of esters is 6. The Labute approximate surface area is 173 Å². The highest BCUT2D eigenvalue weighted by Crippen LogP contribution is 2.20. The SMILES string of the molecule is CC(=O)OC[C@H](OC(C)=O)[C@H](OC(C)=O)[C@@H](OC(C)=O)[C@H](COC(C)=O)OC(C)=O.